The van der Waals surface area contributed by atoms with Crippen molar-refractivity contribution in [2.75, 3.05) is 13.2 Å². The Bertz CT molecular complexity index is 1020. The second-order valence-corrected chi connectivity index (χ2v) is 17.4. The van der Waals surface area contributed by atoms with Crippen molar-refractivity contribution in [1.29, 1.82) is 0 Å². The number of esters is 3. The number of hydrogen-bond donors (Lipinski definition) is 0. The molecule has 0 aliphatic rings. The summed E-state index contributed by atoms with van der Waals surface area (Å²) >= 11 is 0. The van der Waals surface area contributed by atoms with Gasteiger partial charge in [-0.25, -0.2) is 0 Å². The molecule has 0 spiro atoms. The topological polar surface area (TPSA) is 78.9 Å². The van der Waals surface area contributed by atoms with Gasteiger partial charge in [0.1, 0.15) is 13.2 Å². The van der Waals surface area contributed by atoms with Crippen molar-refractivity contribution < 1.29 is 28.6 Å². The molecule has 0 heterocycles. The van der Waals surface area contributed by atoms with Crippen LogP contribution in [0.4, 0.5) is 0 Å². The molecule has 350 valence electrons. The molecule has 0 rings (SSSR count). The molecule has 0 amide bonds. The van der Waals surface area contributed by atoms with Gasteiger partial charge in [-0.3, -0.25) is 14.4 Å². The predicted octanol–water partition coefficient (Wildman–Crippen LogP) is 16.9. The van der Waals surface area contributed by atoms with Gasteiger partial charge >= 0.3 is 17.9 Å². The van der Waals surface area contributed by atoms with Crippen molar-refractivity contribution >= 4 is 17.9 Å². The molecule has 0 bridgehead atoms. The molecule has 0 fully saturated rings. The first-order chi connectivity index (χ1) is 29.5. The molecule has 0 radical (unpaired) electrons. The van der Waals surface area contributed by atoms with Crippen LogP contribution in [0, 0.1) is 0 Å². The minimum absolute atomic E-state index is 0.0751. The SMILES string of the molecule is CCCCCCC/C=C\C/C=C\CCCCCCCCCCCCCC(=O)OCC(COC(=O)CCCCCCC)OC(=O)CCCCCCC/C=C\CCCCCCC. The van der Waals surface area contributed by atoms with Gasteiger partial charge in [-0.2, -0.15) is 0 Å². The Hall–Kier alpha value is -2.37. The van der Waals surface area contributed by atoms with Crippen molar-refractivity contribution in [2.45, 2.75) is 277 Å². The minimum atomic E-state index is -0.771. The monoisotopic (exact) mass is 843 g/mol. The van der Waals surface area contributed by atoms with Crippen molar-refractivity contribution in [3.63, 3.8) is 0 Å². The van der Waals surface area contributed by atoms with Crippen LogP contribution >= 0.6 is 0 Å². The van der Waals surface area contributed by atoms with E-state index < -0.39 is 6.10 Å². The highest BCUT2D eigenvalue weighted by molar-refractivity contribution is 5.71. The molecular formula is C54H98O6. The fourth-order valence-electron chi connectivity index (χ4n) is 7.41. The molecule has 60 heavy (non-hydrogen) atoms. The fourth-order valence-corrected chi connectivity index (χ4v) is 7.41. The molecule has 0 saturated heterocycles. The maximum atomic E-state index is 12.7. The second kappa shape index (κ2) is 49.3. The van der Waals surface area contributed by atoms with Crippen LogP contribution in [-0.2, 0) is 28.6 Å². The van der Waals surface area contributed by atoms with E-state index in [-0.39, 0.29) is 31.1 Å². The van der Waals surface area contributed by atoms with E-state index in [0.717, 1.165) is 77.0 Å². The molecule has 1 unspecified atom stereocenters. The van der Waals surface area contributed by atoms with Crippen LogP contribution in [-0.4, -0.2) is 37.2 Å². The van der Waals surface area contributed by atoms with E-state index >= 15 is 0 Å². The zero-order valence-electron chi connectivity index (χ0n) is 40.0. The molecule has 0 aromatic heterocycles. The van der Waals surface area contributed by atoms with Crippen LogP contribution in [0.5, 0.6) is 0 Å². The molecule has 6 nitrogen and oxygen atoms in total. The Morgan fingerprint density at radius 1 is 0.333 bits per heavy atom. The number of carbonyl (C=O) groups excluding carboxylic acids is 3. The lowest BCUT2D eigenvalue weighted by Crippen LogP contribution is -2.30. The van der Waals surface area contributed by atoms with Gasteiger partial charge in [0, 0.05) is 19.3 Å². The maximum absolute atomic E-state index is 12.7. The number of ether oxygens (including phenoxy) is 3. The van der Waals surface area contributed by atoms with Crippen molar-refractivity contribution in [1.82, 2.24) is 0 Å². The molecule has 0 aromatic rings. The number of carbonyl (C=O) groups is 3. The van der Waals surface area contributed by atoms with Gasteiger partial charge in [0.2, 0.25) is 0 Å². The molecule has 6 heteroatoms. The van der Waals surface area contributed by atoms with Gasteiger partial charge in [-0.1, -0.05) is 211 Å². The highest BCUT2D eigenvalue weighted by Gasteiger charge is 2.19. The summed E-state index contributed by atoms with van der Waals surface area (Å²) < 4.78 is 16.7. The van der Waals surface area contributed by atoms with Crippen LogP contribution in [0.15, 0.2) is 36.5 Å². The first-order valence-corrected chi connectivity index (χ1v) is 26.0. The third-order valence-corrected chi connectivity index (χ3v) is 11.4. The molecule has 0 aliphatic heterocycles. The van der Waals surface area contributed by atoms with E-state index in [4.69, 9.17) is 14.2 Å². The number of rotatable bonds is 47. The quantitative estimate of drug-likeness (QED) is 0.0263. The Balaban J connectivity index is 4.10. The average Bonchev–Trinajstić information content (AvgIpc) is 3.24. The molecule has 0 N–H and O–H groups in total. The molecule has 1 atom stereocenters. The second-order valence-electron chi connectivity index (χ2n) is 17.4. The Morgan fingerprint density at radius 2 is 0.600 bits per heavy atom. The van der Waals surface area contributed by atoms with E-state index in [9.17, 15) is 14.4 Å². The summed E-state index contributed by atoms with van der Waals surface area (Å²) in [4.78, 5) is 37.6. The zero-order chi connectivity index (χ0) is 43.7. The van der Waals surface area contributed by atoms with Crippen LogP contribution in [0.3, 0.4) is 0 Å². The number of allylic oxidation sites excluding steroid dienone is 6. The lowest BCUT2D eigenvalue weighted by Gasteiger charge is -2.18. The Labute approximate surface area is 372 Å². The van der Waals surface area contributed by atoms with Crippen molar-refractivity contribution in [3.05, 3.63) is 36.5 Å². The van der Waals surface area contributed by atoms with Crippen LogP contribution in [0.25, 0.3) is 0 Å². The normalized spacial score (nSPS) is 12.2. The zero-order valence-corrected chi connectivity index (χ0v) is 40.0. The Morgan fingerprint density at radius 3 is 0.933 bits per heavy atom. The number of unbranched alkanes of at least 4 members (excludes halogenated alkanes) is 30. The average molecular weight is 843 g/mol. The van der Waals surface area contributed by atoms with Gasteiger partial charge < -0.3 is 14.2 Å². The Kier molecular flexibility index (Phi) is 47.3. The standard InChI is InChI=1S/C54H98O6/c1-4-7-10-13-15-17-19-21-23-24-25-26-27-28-29-30-31-33-34-36-38-41-44-47-53(56)59-50-51(49-58-52(55)46-43-40-12-9-6-3)60-54(57)48-45-42-39-37-35-32-22-20-18-16-14-11-8-5-2/h19-22,24-25,51H,4-18,23,26-50H2,1-3H3/b21-19-,22-20-,25-24-. The van der Waals surface area contributed by atoms with Crippen molar-refractivity contribution in [2.24, 2.45) is 0 Å². The van der Waals surface area contributed by atoms with Gasteiger partial charge in [0.05, 0.1) is 0 Å². The summed E-state index contributed by atoms with van der Waals surface area (Å²) in [6.07, 6.45) is 57.4. The van der Waals surface area contributed by atoms with Crippen LogP contribution in [0.2, 0.25) is 0 Å². The molecular weight excluding hydrogens is 745 g/mol. The largest absolute Gasteiger partial charge is 0.462 e. The van der Waals surface area contributed by atoms with E-state index in [2.05, 4.69) is 57.2 Å². The molecule has 0 saturated carbocycles. The highest BCUT2D eigenvalue weighted by Crippen LogP contribution is 2.15. The van der Waals surface area contributed by atoms with E-state index in [1.54, 1.807) is 0 Å². The van der Waals surface area contributed by atoms with Gasteiger partial charge in [0.15, 0.2) is 6.10 Å². The van der Waals surface area contributed by atoms with Crippen LogP contribution in [0.1, 0.15) is 271 Å². The fraction of sp³-hybridized carbons (Fsp3) is 0.833. The summed E-state index contributed by atoms with van der Waals surface area (Å²) in [7, 11) is 0. The third-order valence-electron chi connectivity index (χ3n) is 11.4. The van der Waals surface area contributed by atoms with E-state index in [1.165, 1.54) is 154 Å². The summed E-state index contributed by atoms with van der Waals surface area (Å²) in [5.41, 5.74) is 0. The first kappa shape index (κ1) is 57.6. The summed E-state index contributed by atoms with van der Waals surface area (Å²) in [6, 6.07) is 0. The van der Waals surface area contributed by atoms with E-state index in [0.29, 0.717) is 19.3 Å². The van der Waals surface area contributed by atoms with Gasteiger partial charge in [0.25, 0.3) is 0 Å². The third kappa shape index (κ3) is 46.7. The molecule has 0 aromatic carbocycles. The van der Waals surface area contributed by atoms with Gasteiger partial charge in [-0.15, -0.1) is 0 Å². The van der Waals surface area contributed by atoms with Gasteiger partial charge in [-0.05, 0) is 77.0 Å². The highest BCUT2D eigenvalue weighted by atomic mass is 16.6. The summed E-state index contributed by atoms with van der Waals surface area (Å²) in [5, 5.41) is 0. The lowest BCUT2D eigenvalue weighted by atomic mass is 10.0. The predicted molar refractivity (Wildman–Crippen MR) is 256 cm³/mol. The summed E-state index contributed by atoms with van der Waals surface area (Å²) in [5.74, 6) is -0.892. The van der Waals surface area contributed by atoms with Crippen molar-refractivity contribution in [3.8, 4) is 0 Å². The smallest absolute Gasteiger partial charge is 0.306 e. The maximum Gasteiger partial charge on any atom is 0.306 e. The van der Waals surface area contributed by atoms with Crippen LogP contribution < -0.4 is 0 Å². The lowest BCUT2D eigenvalue weighted by molar-refractivity contribution is -0.167. The minimum Gasteiger partial charge on any atom is -0.462 e. The van der Waals surface area contributed by atoms with E-state index in [1.807, 2.05) is 0 Å². The molecule has 0 aliphatic carbocycles. The number of hydrogen-bond acceptors (Lipinski definition) is 6. The summed E-state index contributed by atoms with van der Waals surface area (Å²) in [6.45, 7) is 6.54. The first-order valence-electron chi connectivity index (χ1n) is 26.0.